The van der Waals surface area contributed by atoms with Crippen molar-refractivity contribution in [1.82, 2.24) is 9.78 Å². The molecule has 17 heavy (non-hydrogen) atoms. The highest BCUT2D eigenvalue weighted by Crippen LogP contribution is 2.29. The largest absolute Gasteiger partial charge is 0.508 e. The first-order chi connectivity index (χ1) is 8.06. The first-order valence-electron chi connectivity index (χ1n) is 5.34. The second-order valence-electron chi connectivity index (χ2n) is 3.98. The standard InChI is InChI=1S/C12H15N3O2/c1-8(13-12-5-6-15(2)14-12)10-4-3-9(16)7-11(10)17/h3-8,16-17H,1-2H3,(H,13,14). The fourth-order valence-corrected chi connectivity index (χ4v) is 1.69. The number of hydrogen-bond donors (Lipinski definition) is 3. The van der Waals surface area contributed by atoms with Crippen molar-refractivity contribution < 1.29 is 10.2 Å². The number of aryl methyl sites for hydroxylation is 1. The number of phenols is 2. The zero-order valence-corrected chi connectivity index (χ0v) is 9.75. The third-order valence-corrected chi connectivity index (χ3v) is 2.56. The summed E-state index contributed by atoms with van der Waals surface area (Å²) in [4.78, 5) is 0. The molecular weight excluding hydrogens is 218 g/mol. The Bertz CT molecular complexity index is 522. The van der Waals surface area contributed by atoms with E-state index in [2.05, 4.69) is 10.4 Å². The molecule has 0 aliphatic rings. The summed E-state index contributed by atoms with van der Waals surface area (Å²) in [6.45, 7) is 1.92. The number of aromatic nitrogens is 2. The summed E-state index contributed by atoms with van der Waals surface area (Å²) in [5.74, 6) is 0.865. The lowest BCUT2D eigenvalue weighted by molar-refractivity contribution is 0.444. The van der Waals surface area contributed by atoms with Crippen molar-refractivity contribution in [3.05, 3.63) is 36.0 Å². The second-order valence-corrected chi connectivity index (χ2v) is 3.98. The van der Waals surface area contributed by atoms with Crippen LogP contribution in [0.3, 0.4) is 0 Å². The summed E-state index contributed by atoms with van der Waals surface area (Å²) < 4.78 is 1.70. The first kappa shape index (κ1) is 11.3. The van der Waals surface area contributed by atoms with Gasteiger partial charge in [-0.3, -0.25) is 4.68 Å². The van der Waals surface area contributed by atoms with Crippen LogP contribution in [0.4, 0.5) is 5.82 Å². The number of benzene rings is 1. The van der Waals surface area contributed by atoms with Gasteiger partial charge in [0.1, 0.15) is 17.3 Å². The maximum absolute atomic E-state index is 9.72. The third kappa shape index (κ3) is 2.50. The lowest BCUT2D eigenvalue weighted by Crippen LogP contribution is -2.07. The number of phenolic OH excluding ortho intramolecular Hbond substituents is 2. The molecular formula is C12H15N3O2. The topological polar surface area (TPSA) is 70.3 Å². The Balaban J connectivity index is 2.17. The SMILES string of the molecule is CC(Nc1ccn(C)n1)c1ccc(O)cc1O. The lowest BCUT2D eigenvalue weighted by atomic mass is 10.1. The molecule has 2 aromatic rings. The van der Waals surface area contributed by atoms with Crippen molar-refractivity contribution in [2.24, 2.45) is 7.05 Å². The Hall–Kier alpha value is -2.17. The van der Waals surface area contributed by atoms with Crippen molar-refractivity contribution in [1.29, 1.82) is 0 Å². The number of aromatic hydroxyl groups is 2. The Morgan fingerprint density at radius 2 is 2.06 bits per heavy atom. The molecule has 1 aromatic carbocycles. The van der Waals surface area contributed by atoms with Gasteiger partial charge in [0, 0.05) is 30.9 Å². The zero-order chi connectivity index (χ0) is 12.4. The summed E-state index contributed by atoms with van der Waals surface area (Å²) >= 11 is 0. The number of hydrogen-bond acceptors (Lipinski definition) is 4. The summed E-state index contributed by atoms with van der Waals surface area (Å²) in [5.41, 5.74) is 0.716. The Morgan fingerprint density at radius 1 is 1.29 bits per heavy atom. The monoisotopic (exact) mass is 233 g/mol. The minimum absolute atomic E-state index is 0.0521. The Kier molecular flexibility index (Phi) is 2.91. The van der Waals surface area contributed by atoms with Crippen LogP contribution in [0.1, 0.15) is 18.5 Å². The van der Waals surface area contributed by atoms with Crippen LogP contribution in [0.25, 0.3) is 0 Å². The average molecular weight is 233 g/mol. The van der Waals surface area contributed by atoms with E-state index in [1.54, 1.807) is 16.8 Å². The van der Waals surface area contributed by atoms with E-state index < -0.39 is 0 Å². The van der Waals surface area contributed by atoms with E-state index in [4.69, 9.17) is 0 Å². The van der Waals surface area contributed by atoms with Crippen LogP contribution in [0.5, 0.6) is 11.5 Å². The molecule has 0 spiro atoms. The van der Waals surface area contributed by atoms with Gasteiger partial charge >= 0.3 is 0 Å². The lowest BCUT2D eigenvalue weighted by Gasteiger charge is -2.15. The highest BCUT2D eigenvalue weighted by molar-refractivity contribution is 5.44. The summed E-state index contributed by atoms with van der Waals surface area (Å²) in [7, 11) is 1.84. The number of anilines is 1. The van der Waals surface area contributed by atoms with Gasteiger partial charge in [0.05, 0.1) is 6.04 Å². The Morgan fingerprint density at radius 3 is 2.65 bits per heavy atom. The zero-order valence-electron chi connectivity index (χ0n) is 9.75. The van der Waals surface area contributed by atoms with Gasteiger partial charge in [-0.2, -0.15) is 5.10 Å². The molecule has 90 valence electrons. The molecule has 1 atom stereocenters. The van der Waals surface area contributed by atoms with Crippen molar-refractivity contribution in [3.63, 3.8) is 0 Å². The minimum atomic E-state index is -0.0921. The Labute approximate surface area is 99.3 Å². The van der Waals surface area contributed by atoms with Gasteiger partial charge in [-0.15, -0.1) is 0 Å². The molecule has 1 unspecified atom stereocenters. The normalized spacial score (nSPS) is 12.4. The molecule has 0 aliphatic carbocycles. The van der Waals surface area contributed by atoms with Crippen LogP contribution in [0, 0.1) is 0 Å². The maximum atomic E-state index is 9.72. The molecule has 0 saturated carbocycles. The fourth-order valence-electron chi connectivity index (χ4n) is 1.69. The third-order valence-electron chi connectivity index (χ3n) is 2.56. The molecule has 5 heteroatoms. The number of nitrogens with one attached hydrogen (secondary N) is 1. The van der Waals surface area contributed by atoms with Crippen LogP contribution in [-0.2, 0) is 7.05 Å². The molecule has 0 bridgehead atoms. The molecule has 0 radical (unpaired) electrons. The second kappa shape index (κ2) is 4.37. The van der Waals surface area contributed by atoms with E-state index in [-0.39, 0.29) is 17.5 Å². The molecule has 0 fully saturated rings. The van der Waals surface area contributed by atoms with Crippen LogP contribution >= 0.6 is 0 Å². The van der Waals surface area contributed by atoms with Gasteiger partial charge in [-0.25, -0.2) is 0 Å². The molecule has 0 aliphatic heterocycles. The van der Waals surface area contributed by atoms with E-state index in [9.17, 15) is 10.2 Å². The van der Waals surface area contributed by atoms with Crippen molar-refractivity contribution in [3.8, 4) is 11.5 Å². The predicted molar refractivity (Wildman–Crippen MR) is 65.0 cm³/mol. The quantitative estimate of drug-likeness (QED) is 0.758. The fraction of sp³-hybridized carbons (Fsp3) is 0.250. The maximum Gasteiger partial charge on any atom is 0.148 e. The number of rotatable bonds is 3. The molecule has 3 N–H and O–H groups in total. The minimum Gasteiger partial charge on any atom is -0.508 e. The predicted octanol–water partition coefficient (Wildman–Crippen LogP) is 2.00. The summed E-state index contributed by atoms with van der Waals surface area (Å²) in [6, 6.07) is 6.32. The number of nitrogens with zero attached hydrogens (tertiary/aromatic N) is 2. The molecule has 0 saturated heterocycles. The van der Waals surface area contributed by atoms with Gasteiger partial charge in [-0.1, -0.05) is 0 Å². The summed E-state index contributed by atoms with van der Waals surface area (Å²) in [5, 5.41) is 26.3. The molecule has 2 rings (SSSR count). The van der Waals surface area contributed by atoms with Gasteiger partial charge in [-0.05, 0) is 19.1 Å². The van der Waals surface area contributed by atoms with Gasteiger partial charge in [0.2, 0.25) is 0 Å². The molecule has 5 nitrogen and oxygen atoms in total. The van der Waals surface area contributed by atoms with Crippen LogP contribution in [-0.4, -0.2) is 20.0 Å². The van der Waals surface area contributed by atoms with Gasteiger partial charge in [0.25, 0.3) is 0 Å². The van der Waals surface area contributed by atoms with Crippen molar-refractivity contribution in [2.75, 3.05) is 5.32 Å². The van der Waals surface area contributed by atoms with Crippen molar-refractivity contribution in [2.45, 2.75) is 13.0 Å². The highest BCUT2D eigenvalue weighted by Gasteiger charge is 2.11. The van der Waals surface area contributed by atoms with Crippen molar-refractivity contribution >= 4 is 5.82 Å². The van der Waals surface area contributed by atoms with E-state index in [1.165, 1.54) is 6.07 Å². The van der Waals surface area contributed by atoms with Crippen LogP contribution in [0.15, 0.2) is 30.5 Å². The molecule has 0 amide bonds. The van der Waals surface area contributed by atoms with E-state index in [1.807, 2.05) is 26.2 Å². The van der Waals surface area contributed by atoms with Gasteiger partial charge in [0.15, 0.2) is 0 Å². The molecule has 1 aromatic heterocycles. The van der Waals surface area contributed by atoms with Gasteiger partial charge < -0.3 is 15.5 Å². The average Bonchev–Trinajstić information content (AvgIpc) is 2.63. The highest BCUT2D eigenvalue weighted by atomic mass is 16.3. The summed E-state index contributed by atoms with van der Waals surface area (Å²) in [6.07, 6.45) is 1.84. The molecule has 1 heterocycles. The smallest absolute Gasteiger partial charge is 0.148 e. The van der Waals surface area contributed by atoms with E-state index >= 15 is 0 Å². The first-order valence-corrected chi connectivity index (χ1v) is 5.34. The van der Waals surface area contributed by atoms with E-state index in [0.29, 0.717) is 5.56 Å². The van der Waals surface area contributed by atoms with Crippen LogP contribution < -0.4 is 5.32 Å². The van der Waals surface area contributed by atoms with E-state index in [0.717, 1.165) is 5.82 Å². The van der Waals surface area contributed by atoms with Crippen LogP contribution in [0.2, 0.25) is 0 Å².